The molecule has 0 aliphatic carbocycles. The van der Waals surface area contributed by atoms with Crippen LogP contribution in [0.1, 0.15) is 36.1 Å². The lowest BCUT2D eigenvalue weighted by Crippen LogP contribution is -2.28. The second-order valence-electron chi connectivity index (χ2n) is 3.97. The Morgan fingerprint density at radius 2 is 1.42 bits per heavy atom. The Labute approximate surface area is 105 Å². The number of hydrogen-bond donors (Lipinski definition) is 2. The van der Waals surface area contributed by atoms with E-state index in [4.69, 9.17) is 5.84 Å². The normalized spacial score (nSPS) is 14.5. The van der Waals surface area contributed by atoms with Gasteiger partial charge in [-0.15, -0.1) is 0 Å². The summed E-state index contributed by atoms with van der Waals surface area (Å²) in [7, 11) is 0. The van der Waals surface area contributed by atoms with Crippen molar-refractivity contribution in [3.05, 3.63) is 34.9 Å². The Balaban J connectivity index is 3.41. The summed E-state index contributed by atoms with van der Waals surface area (Å²) in [5, 5.41) is 0. The standard InChI is InChI=1S/C11H12F6N2/c1-2-9(19-18)6-3-7(10(12,13)14)5-8(4-6)11(15,16)17/h3-5,9,19H,2,18H2,1H3/t9-/m1/s1. The summed E-state index contributed by atoms with van der Waals surface area (Å²) >= 11 is 0. The molecule has 19 heavy (non-hydrogen) atoms. The van der Waals surface area contributed by atoms with Crippen LogP contribution in [0.15, 0.2) is 18.2 Å². The average molecular weight is 286 g/mol. The van der Waals surface area contributed by atoms with Gasteiger partial charge in [0.25, 0.3) is 0 Å². The molecule has 1 aromatic carbocycles. The van der Waals surface area contributed by atoms with Crippen LogP contribution in [-0.4, -0.2) is 0 Å². The summed E-state index contributed by atoms with van der Waals surface area (Å²) in [4.78, 5) is 0. The molecule has 0 bridgehead atoms. The molecule has 0 aromatic heterocycles. The molecule has 0 aliphatic rings. The fraction of sp³-hybridized carbons (Fsp3) is 0.455. The van der Waals surface area contributed by atoms with Gasteiger partial charge in [-0.1, -0.05) is 6.92 Å². The number of alkyl halides is 6. The van der Waals surface area contributed by atoms with Crippen LogP contribution in [0.3, 0.4) is 0 Å². The number of hydrogen-bond acceptors (Lipinski definition) is 2. The van der Waals surface area contributed by atoms with Gasteiger partial charge in [-0.3, -0.25) is 11.3 Å². The summed E-state index contributed by atoms with van der Waals surface area (Å²) in [5.41, 5.74) is -0.639. The summed E-state index contributed by atoms with van der Waals surface area (Å²) in [6, 6.07) is 0.655. The molecule has 0 amide bonds. The van der Waals surface area contributed by atoms with Gasteiger partial charge in [-0.25, -0.2) is 0 Å². The van der Waals surface area contributed by atoms with Gasteiger partial charge in [-0.05, 0) is 30.2 Å². The minimum absolute atomic E-state index is 0.0900. The van der Waals surface area contributed by atoms with Crippen LogP contribution in [0.2, 0.25) is 0 Å². The van der Waals surface area contributed by atoms with E-state index in [1.165, 1.54) is 0 Å². The molecule has 0 saturated carbocycles. The van der Waals surface area contributed by atoms with Crippen molar-refractivity contribution in [3.8, 4) is 0 Å². The smallest absolute Gasteiger partial charge is 0.271 e. The van der Waals surface area contributed by atoms with Crippen molar-refractivity contribution in [2.24, 2.45) is 5.84 Å². The number of halogens is 6. The molecule has 0 unspecified atom stereocenters. The van der Waals surface area contributed by atoms with E-state index in [9.17, 15) is 26.3 Å². The third-order valence-corrected chi connectivity index (χ3v) is 2.62. The predicted molar refractivity (Wildman–Crippen MR) is 56.8 cm³/mol. The van der Waals surface area contributed by atoms with Crippen molar-refractivity contribution in [2.75, 3.05) is 0 Å². The molecule has 2 nitrogen and oxygen atoms in total. The van der Waals surface area contributed by atoms with Crippen molar-refractivity contribution >= 4 is 0 Å². The topological polar surface area (TPSA) is 38.0 Å². The van der Waals surface area contributed by atoms with Crippen LogP contribution >= 0.6 is 0 Å². The van der Waals surface area contributed by atoms with Crippen LogP contribution in [0, 0.1) is 0 Å². The van der Waals surface area contributed by atoms with E-state index in [1.807, 2.05) is 0 Å². The molecule has 0 fully saturated rings. The van der Waals surface area contributed by atoms with E-state index in [0.29, 0.717) is 12.1 Å². The number of benzene rings is 1. The summed E-state index contributed by atoms with van der Waals surface area (Å²) < 4.78 is 75.5. The summed E-state index contributed by atoms with van der Waals surface area (Å²) in [6.45, 7) is 1.60. The van der Waals surface area contributed by atoms with Crippen LogP contribution in [0.5, 0.6) is 0 Å². The Morgan fingerprint density at radius 1 is 1.00 bits per heavy atom. The third kappa shape index (κ3) is 3.84. The zero-order chi connectivity index (χ0) is 14.8. The predicted octanol–water partition coefficient (Wildman–Crippen LogP) is 3.64. The maximum absolute atomic E-state index is 12.6. The van der Waals surface area contributed by atoms with Crippen LogP contribution in [-0.2, 0) is 12.4 Å². The number of rotatable bonds is 3. The number of nitrogens with two attached hydrogens (primary N) is 1. The summed E-state index contributed by atoms with van der Waals surface area (Å²) in [5.74, 6) is 5.12. The van der Waals surface area contributed by atoms with Crippen molar-refractivity contribution in [2.45, 2.75) is 31.7 Å². The first-order valence-corrected chi connectivity index (χ1v) is 5.35. The lowest BCUT2D eigenvalue weighted by atomic mass is 9.98. The highest BCUT2D eigenvalue weighted by molar-refractivity contribution is 5.35. The van der Waals surface area contributed by atoms with E-state index in [0.717, 1.165) is 0 Å². The Bertz CT molecular complexity index is 402. The highest BCUT2D eigenvalue weighted by atomic mass is 19.4. The maximum atomic E-state index is 12.6. The van der Waals surface area contributed by atoms with Crippen LogP contribution in [0.25, 0.3) is 0 Å². The van der Waals surface area contributed by atoms with Crippen LogP contribution in [0.4, 0.5) is 26.3 Å². The maximum Gasteiger partial charge on any atom is 0.416 e. The fourth-order valence-corrected chi connectivity index (χ4v) is 1.63. The molecule has 0 heterocycles. The van der Waals surface area contributed by atoms with Crippen molar-refractivity contribution in [3.63, 3.8) is 0 Å². The number of nitrogens with one attached hydrogen (secondary N) is 1. The van der Waals surface area contributed by atoms with Crippen LogP contribution < -0.4 is 11.3 Å². The first-order valence-electron chi connectivity index (χ1n) is 5.35. The zero-order valence-electron chi connectivity index (χ0n) is 9.86. The SMILES string of the molecule is CC[C@@H](NN)c1cc(C(F)(F)F)cc(C(F)(F)F)c1. The van der Waals surface area contributed by atoms with Crippen molar-refractivity contribution < 1.29 is 26.3 Å². The van der Waals surface area contributed by atoms with E-state index in [-0.39, 0.29) is 18.1 Å². The molecule has 0 saturated heterocycles. The Morgan fingerprint density at radius 3 is 1.68 bits per heavy atom. The van der Waals surface area contributed by atoms with Gasteiger partial charge in [0.15, 0.2) is 0 Å². The third-order valence-electron chi connectivity index (χ3n) is 2.62. The first-order chi connectivity index (χ1) is 8.59. The fourth-order valence-electron chi connectivity index (χ4n) is 1.63. The molecule has 8 heteroatoms. The minimum Gasteiger partial charge on any atom is -0.271 e. The number of hydrazine groups is 1. The van der Waals surface area contributed by atoms with Gasteiger partial charge in [0.2, 0.25) is 0 Å². The van der Waals surface area contributed by atoms with Gasteiger partial charge in [0, 0.05) is 6.04 Å². The van der Waals surface area contributed by atoms with Gasteiger partial charge in [0.1, 0.15) is 0 Å². The highest BCUT2D eigenvalue weighted by Gasteiger charge is 2.37. The van der Waals surface area contributed by atoms with Gasteiger partial charge >= 0.3 is 12.4 Å². The van der Waals surface area contributed by atoms with Gasteiger partial charge < -0.3 is 0 Å². The molecule has 0 spiro atoms. The Hall–Kier alpha value is -1.28. The van der Waals surface area contributed by atoms with E-state index in [1.54, 1.807) is 6.92 Å². The average Bonchev–Trinajstić information content (AvgIpc) is 2.28. The van der Waals surface area contributed by atoms with Gasteiger partial charge in [-0.2, -0.15) is 26.3 Å². The molecular formula is C11H12F6N2. The quantitative estimate of drug-likeness (QED) is 0.506. The van der Waals surface area contributed by atoms with Gasteiger partial charge in [0.05, 0.1) is 11.1 Å². The molecule has 1 atom stereocenters. The largest absolute Gasteiger partial charge is 0.416 e. The van der Waals surface area contributed by atoms with Crippen molar-refractivity contribution in [1.29, 1.82) is 0 Å². The van der Waals surface area contributed by atoms with Crippen molar-refractivity contribution in [1.82, 2.24) is 5.43 Å². The molecule has 1 rings (SSSR count). The Kier molecular flexibility index (Phi) is 4.46. The van der Waals surface area contributed by atoms with E-state index < -0.39 is 29.5 Å². The molecule has 1 aromatic rings. The molecule has 0 aliphatic heterocycles. The van der Waals surface area contributed by atoms with E-state index >= 15 is 0 Å². The monoisotopic (exact) mass is 286 g/mol. The molecule has 108 valence electrons. The lowest BCUT2D eigenvalue weighted by molar-refractivity contribution is -0.143. The summed E-state index contributed by atoms with van der Waals surface area (Å²) in [6.07, 6.45) is -9.43. The second kappa shape index (κ2) is 5.38. The minimum atomic E-state index is -4.84. The first kappa shape index (κ1) is 15.8. The molecule has 3 N–H and O–H groups in total. The second-order valence-corrected chi connectivity index (χ2v) is 3.97. The highest BCUT2D eigenvalue weighted by Crippen LogP contribution is 2.37. The zero-order valence-corrected chi connectivity index (χ0v) is 9.86. The lowest BCUT2D eigenvalue weighted by Gasteiger charge is -2.19. The molecular weight excluding hydrogens is 274 g/mol. The molecule has 0 radical (unpaired) electrons. The van der Waals surface area contributed by atoms with E-state index in [2.05, 4.69) is 5.43 Å².